The van der Waals surface area contributed by atoms with Gasteiger partial charge in [0.25, 0.3) is 0 Å². The number of hydrogen-bond donors (Lipinski definition) is 0. The molecule has 21 heavy (non-hydrogen) atoms. The molecule has 1 rings (SSSR count). The second kappa shape index (κ2) is 6.68. The fourth-order valence-electron chi connectivity index (χ4n) is 1.61. The van der Waals surface area contributed by atoms with E-state index in [0.717, 1.165) is 12.1 Å². The molecule has 3 nitrogen and oxygen atoms in total. The van der Waals surface area contributed by atoms with Crippen LogP contribution in [0.2, 0.25) is 5.02 Å². The highest BCUT2D eigenvalue weighted by molar-refractivity contribution is 7.89. The summed E-state index contributed by atoms with van der Waals surface area (Å²) in [6.45, 7) is -0.966. The maximum absolute atomic E-state index is 14.0. The minimum Gasteiger partial charge on any atom is -0.207 e. The number of benzene rings is 1. The minimum absolute atomic E-state index is 0.125. The van der Waals surface area contributed by atoms with Gasteiger partial charge >= 0.3 is 6.18 Å². The highest BCUT2D eigenvalue weighted by atomic mass is 35.5. The Morgan fingerprint density at radius 1 is 1.29 bits per heavy atom. The Bertz CT molecular complexity index is 619. The van der Waals surface area contributed by atoms with Crippen LogP contribution in [0, 0.1) is 5.82 Å². The number of sulfonamides is 1. The van der Waals surface area contributed by atoms with Gasteiger partial charge in [0.15, 0.2) is 0 Å². The van der Waals surface area contributed by atoms with Crippen molar-refractivity contribution in [1.29, 1.82) is 0 Å². The van der Waals surface area contributed by atoms with Crippen LogP contribution in [0.3, 0.4) is 0 Å². The maximum atomic E-state index is 14.0. The molecule has 0 aliphatic heterocycles. The van der Waals surface area contributed by atoms with Crippen LogP contribution < -0.4 is 0 Å². The van der Waals surface area contributed by atoms with Gasteiger partial charge in [-0.3, -0.25) is 0 Å². The number of nitrogens with zero attached hydrogens (tertiary/aromatic N) is 1. The number of rotatable bonds is 5. The average Bonchev–Trinajstić information content (AvgIpc) is 2.36. The summed E-state index contributed by atoms with van der Waals surface area (Å²) in [4.78, 5) is -0.920. The fraction of sp³-hybridized carbons (Fsp3) is 0.455. The molecule has 1 aromatic rings. The zero-order chi connectivity index (χ0) is 16.4. The van der Waals surface area contributed by atoms with E-state index in [1.807, 2.05) is 0 Å². The van der Waals surface area contributed by atoms with Crippen molar-refractivity contribution in [2.24, 2.45) is 0 Å². The topological polar surface area (TPSA) is 37.4 Å². The molecular formula is C11H11Cl2F4NO2S. The van der Waals surface area contributed by atoms with E-state index in [9.17, 15) is 26.0 Å². The predicted octanol–water partition coefficient (Wildman–Crippen LogP) is 3.79. The number of halogens is 6. The molecule has 0 fully saturated rings. The quantitative estimate of drug-likeness (QED) is 0.586. The van der Waals surface area contributed by atoms with Crippen LogP contribution in [0.1, 0.15) is 12.5 Å². The predicted molar refractivity (Wildman–Crippen MR) is 71.5 cm³/mol. The van der Waals surface area contributed by atoms with Crippen molar-refractivity contribution in [3.63, 3.8) is 0 Å². The van der Waals surface area contributed by atoms with Gasteiger partial charge in [-0.15, -0.1) is 11.6 Å². The number of hydrogen-bond acceptors (Lipinski definition) is 2. The van der Waals surface area contributed by atoms with Gasteiger partial charge in [0.05, 0.1) is 5.88 Å². The van der Waals surface area contributed by atoms with E-state index >= 15 is 0 Å². The van der Waals surface area contributed by atoms with Crippen molar-refractivity contribution < 1.29 is 26.0 Å². The lowest BCUT2D eigenvalue weighted by molar-refractivity contribution is -0.135. The molecule has 0 amide bonds. The second-order valence-corrected chi connectivity index (χ2v) is 6.67. The molecule has 120 valence electrons. The molecule has 0 radical (unpaired) electrons. The molecule has 0 atom stereocenters. The van der Waals surface area contributed by atoms with E-state index in [4.69, 9.17) is 23.2 Å². The molecule has 0 heterocycles. The van der Waals surface area contributed by atoms with Gasteiger partial charge in [-0.05, 0) is 12.1 Å². The van der Waals surface area contributed by atoms with Gasteiger partial charge in [-0.25, -0.2) is 12.8 Å². The molecule has 0 bridgehead atoms. The third kappa shape index (κ3) is 4.45. The highest BCUT2D eigenvalue weighted by Crippen LogP contribution is 2.29. The van der Waals surface area contributed by atoms with Crippen LogP contribution in [0.15, 0.2) is 17.0 Å². The van der Waals surface area contributed by atoms with E-state index in [1.165, 1.54) is 6.92 Å². The van der Waals surface area contributed by atoms with Gasteiger partial charge in [-0.1, -0.05) is 18.5 Å². The van der Waals surface area contributed by atoms with Crippen LogP contribution in [-0.2, 0) is 15.9 Å². The molecule has 1 aromatic carbocycles. The first kappa shape index (κ1) is 18.5. The lowest BCUT2D eigenvalue weighted by Gasteiger charge is -2.22. The first-order valence-electron chi connectivity index (χ1n) is 5.63. The smallest absolute Gasteiger partial charge is 0.207 e. The molecule has 0 aliphatic carbocycles. The Morgan fingerprint density at radius 3 is 2.29 bits per heavy atom. The van der Waals surface area contributed by atoms with Gasteiger partial charge in [0.1, 0.15) is 17.3 Å². The monoisotopic (exact) mass is 367 g/mol. The zero-order valence-corrected chi connectivity index (χ0v) is 13.0. The zero-order valence-electron chi connectivity index (χ0n) is 10.7. The highest BCUT2D eigenvalue weighted by Gasteiger charge is 2.37. The van der Waals surface area contributed by atoms with Crippen LogP contribution in [-0.4, -0.2) is 32.0 Å². The first-order chi connectivity index (χ1) is 9.52. The average molecular weight is 368 g/mol. The third-order valence-electron chi connectivity index (χ3n) is 2.55. The van der Waals surface area contributed by atoms with Gasteiger partial charge in [0.2, 0.25) is 10.0 Å². The largest absolute Gasteiger partial charge is 0.402 e. The molecule has 0 saturated heterocycles. The van der Waals surface area contributed by atoms with E-state index < -0.39 is 40.0 Å². The summed E-state index contributed by atoms with van der Waals surface area (Å²) in [5.74, 6) is -1.56. The molecule has 0 N–H and O–H groups in total. The summed E-state index contributed by atoms with van der Waals surface area (Å²) in [7, 11) is -4.67. The van der Waals surface area contributed by atoms with Crippen LogP contribution in [0.4, 0.5) is 17.6 Å². The molecular weight excluding hydrogens is 357 g/mol. The Balaban J connectivity index is 3.39. The minimum atomic E-state index is -4.74. The van der Waals surface area contributed by atoms with Crippen LogP contribution in [0.5, 0.6) is 0 Å². The van der Waals surface area contributed by atoms with Crippen LogP contribution >= 0.6 is 23.2 Å². The van der Waals surface area contributed by atoms with Gasteiger partial charge in [-0.2, -0.15) is 17.5 Å². The molecule has 0 aliphatic rings. The lowest BCUT2D eigenvalue weighted by atomic mass is 10.2. The van der Waals surface area contributed by atoms with Crippen molar-refractivity contribution in [2.75, 3.05) is 13.1 Å². The van der Waals surface area contributed by atoms with Crippen molar-refractivity contribution in [3.8, 4) is 0 Å². The summed E-state index contributed by atoms with van der Waals surface area (Å²) in [6, 6.07) is 1.88. The van der Waals surface area contributed by atoms with E-state index in [-0.39, 0.29) is 20.8 Å². The summed E-state index contributed by atoms with van der Waals surface area (Å²) >= 11 is 11.1. The van der Waals surface area contributed by atoms with Crippen LogP contribution in [0.25, 0.3) is 0 Å². The van der Waals surface area contributed by atoms with Crippen molar-refractivity contribution in [3.05, 3.63) is 28.5 Å². The fourth-order valence-corrected chi connectivity index (χ4v) is 3.68. The van der Waals surface area contributed by atoms with E-state index in [1.54, 1.807) is 0 Å². The standard InChI is InChI=1S/C11H11Cl2F4NO2S/c1-2-18(6-11(15,16)17)21(19,20)9-4-8(13)3-7(5-12)10(9)14/h3-4H,2,5-6H2,1H3. The first-order valence-corrected chi connectivity index (χ1v) is 7.99. The summed E-state index contributed by atoms with van der Waals surface area (Å²) < 4.78 is 75.8. The molecule has 0 unspecified atom stereocenters. The summed E-state index contributed by atoms with van der Waals surface area (Å²) in [5.41, 5.74) is -0.203. The molecule has 0 saturated carbocycles. The Morgan fingerprint density at radius 2 is 1.86 bits per heavy atom. The Hall–Kier alpha value is -0.570. The van der Waals surface area contributed by atoms with Gasteiger partial charge < -0.3 is 0 Å². The van der Waals surface area contributed by atoms with Gasteiger partial charge in [0, 0.05) is 17.1 Å². The van der Waals surface area contributed by atoms with Crippen molar-refractivity contribution in [2.45, 2.75) is 23.9 Å². The second-order valence-electron chi connectivity index (χ2n) is 4.06. The van der Waals surface area contributed by atoms with Crippen molar-refractivity contribution >= 4 is 33.2 Å². The van der Waals surface area contributed by atoms with E-state index in [2.05, 4.69) is 0 Å². The number of alkyl halides is 4. The molecule has 0 aromatic heterocycles. The Kier molecular flexibility index (Phi) is 5.88. The SMILES string of the molecule is CCN(CC(F)(F)F)S(=O)(=O)c1cc(Cl)cc(CCl)c1F. The molecule has 0 spiro atoms. The third-order valence-corrected chi connectivity index (χ3v) is 4.98. The lowest BCUT2D eigenvalue weighted by Crippen LogP contribution is -2.39. The van der Waals surface area contributed by atoms with E-state index in [0.29, 0.717) is 0 Å². The normalized spacial score (nSPS) is 13.0. The summed E-state index contributed by atoms with van der Waals surface area (Å²) in [6.07, 6.45) is -4.74. The maximum Gasteiger partial charge on any atom is 0.402 e. The Labute approximate surface area is 129 Å². The molecule has 10 heteroatoms. The van der Waals surface area contributed by atoms with Crippen molar-refractivity contribution in [1.82, 2.24) is 4.31 Å². The summed E-state index contributed by atoms with van der Waals surface area (Å²) in [5, 5.41) is -0.131.